The molecular weight excluding hydrogens is 356 g/mol. The molecule has 0 fully saturated rings. The summed E-state index contributed by atoms with van der Waals surface area (Å²) in [6, 6.07) is 4.60. The zero-order valence-corrected chi connectivity index (χ0v) is 20.6. The van der Waals surface area contributed by atoms with Gasteiger partial charge < -0.3 is 14.7 Å². The lowest BCUT2D eigenvalue weighted by Crippen LogP contribution is -2.32. The highest BCUT2D eigenvalue weighted by Gasteiger charge is 2.18. The van der Waals surface area contributed by atoms with E-state index in [1.807, 2.05) is 0 Å². The Labute approximate surface area is 181 Å². The lowest BCUT2D eigenvalue weighted by atomic mass is 9.85. The lowest BCUT2D eigenvalue weighted by molar-refractivity contribution is 0.243. The standard InChI is InChI=1S/C25H48N4/c1-21(2)19-24(22(3)4)25-12-11-23(20-26-25)13-18-29(16-9-14-27(5)6)17-10-15-28(7)8/h11-12,20-22,24H,9-10,13-19H2,1-8H3. The minimum Gasteiger partial charge on any atom is -0.309 e. The van der Waals surface area contributed by atoms with Crippen LogP contribution in [0.25, 0.3) is 0 Å². The Morgan fingerprint density at radius 3 is 1.79 bits per heavy atom. The summed E-state index contributed by atoms with van der Waals surface area (Å²) in [5, 5.41) is 0. The molecule has 0 bridgehead atoms. The molecule has 0 N–H and O–H groups in total. The zero-order valence-electron chi connectivity index (χ0n) is 20.6. The zero-order chi connectivity index (χ0) is 21.8. The third-order valence-corrected chi connectivity index (χ3v) is 5.63. The third-order valence-electron chi connectivity index (χ3n) is 5.63. The molecule has 4 heteroatoms. The quantitative estimate of drug-likeness (QED) is 0.425. The molecule has 1 heterocycles. The van der Waals surface area contributed by atoms with E-state index in [2.05, 4.69) is 88.9 Å². The van der Waals surface area contributed by atoms with Crippen molar-refractivity contribution in [3.8, 4) is 0 Å². The van der Waals surface area contributed by atoms with Gasteiger partial charge in [0.2, 0.25) is 0 Å². The van der Waals surface area contributed by atoms with Crippen LogP contribution in [0, 0.1) is 11.8 Å². The molecule has 0 amide bonds. The molecule has 0 aromatic carbocycles. The largest absolute Gasteiger partial charge is 0.309 e. The molecule has 0 saturated heterocycles. The monoisotopic (exact) mass is 404 g/mol. The average molecular weight is 405 g/mol. The lowest BCUT2D eigenvalue weighted by Gasteiger charge is -2.24. The van der Waals surface area contributed by atoms with Gasteiger partial charge in [0.05, 0.1) is 0 Å². The number of rotatable bonds is 15. The fourth-order valence-corrected chi connectivity index (χ4v) is 3.89. The van der Waals surface area contributed by atoms with Crippen molar-refractivity contribution in [2.45, 2.75) is 59.3 Å². The van der Waals surface area contributed by atoms with Gasteiger partial charge in [-0.2, -0.15) is 0 Å². The summed E-state index contributed by atoms with van der Waals surface area (Å²) in [6.07, 6.45) is 6.90. The van der Waals surface area contributed by atoms with Crippen LogP contribution in [0.2, 0.25) is 0 Å². The van der Waals surface area contributed by atoms with E-state index >= 15 is 0 Å². The SMILES string of the molecule is CC(C)CC(c1ccc(CCN(CCCN(C)C)CCCN(C)C)cn1)C(C)C. The van der Waals surface area contributed by atoms with E-state index < -0.39 is 0 Å². The molecule has 29 heavy (non-hydrogen) atoms. The van der Waals surface area contributed by atoms with Crippen molar-refractivity contribution in [3.05, 3.63) is 29.6 Å². The highest BCUT2D eigenvalue weighted by molar-refractivity contribution is 5.18. The smallest absolute Gasteiger partial charge is 0.0437 e. The predicted octanol–water partition coefficient (Wildman–Crippen LogP) is 4.62. The first kappa shape index (κ1) is 26.1. The Morgan fingerprint density at radius 2 is 1.38 bits per heavy atom. The van der Waals surface area contributed by atoms with E-state index in [1.165, 1.54) is 43.6 Å². The second-order valence-corrected chi connectivity index (χ2v) is 9.98. The Kier molecular flexibility index (Phi) is 12.7. The van der Waals surface area contributed by atoms with Gasteiger partial charge in [0.25, 0.3) is 0 Å². The van der Waals surface area contributed by atoms with Crippen molar-refractivity contribution >= 4 is 0 Å². The second-order valence-electron chi connectivity index (χ2n) is 9.98. The van der Waals surface area contributed by atoms with Gasteiger partial charge in [-0.05, 0) is 104 Å². The van der Waals surface area contributed by atoms with Crippen LogP contribution in [0.4, 0.5) is 0 Å². The predicted molar refractivity (Wildman–Crippen MR) is 128 cm³/mol. The van der Waals surface area contributed by atoms with Crippen LogP contribution < -0.4 is 0 Å². The summed E-state index contributed by atoms with van der Waals surface area (Å²) < 4.78 is 0. The fraction of sp³-hybridized carbons (Fsp3) is 0.800. The normalized spacial score (nSPS) is 13.4. The second kappa shape index (κ2) is 14.1. The Bertz CT molecular complexity index is 508. The van der Waals surface area contributed by atoms with Crippen LogP contribution >= 0.6 is 0 Å². The van der Waals surface area contributed by atoms with Crippen molar-refractivity contribution in [3.63, 3.8) is 0 Å². The van der Waals surface area contributed by atoms with Gasteiger partial charge in [-0.15, -0.1) is 0 Å². The summed E-state index contributed by atoms with van der Waals surface area (Å²) in [5.74, 6) is 1.92. The van der Waals surface area contributed by atoms with E-state index in [4.69, 9.17) is 4.98 Å². The molecule has 0 aliphatic carbocycles. The van der Waals surface area contributed by atoms with E-state index in [-0.39, 0.29) is 0 Å². The van der Waals surface area contributed by atoms with Crippen LogP contribution in [0.5, 0.6) is 0 Å². The molecular formula is C25H48N4. The summed E-state index contributed by atoms with van der Waals surface area (Å²) in [7, 11) is 8.64. The molecule has 0 spiro atoms. The Morgan fingerprint density at radius 1 is 0.793 bits per heavy atom. The van der Waals surface area contributed by atoms with E-state index in [9.17, 15) is 0 Å². The number of aromatic nitrogens is 1. The van der Waals surface area contributed by atoms with Gasteiger partial charge in [0.15, 0.2) is 0 Å². The van der Waals surface area contributed by atoms with E-state index in [0.717, 1.165) is 26.1 Å². The van der Waals surface area contributed by atoms with Crippen molar-refractivity contribution in [1.29, 1.82) is 0 Å². The first-order valence-corrected chi connectivity index (χ1v) is 11.7. The number of hydrogen-bond donors (Lipinski definition) is 0. The van der Waals surface area contributed by atoms with Gasteiger partial charge >= 0.3 is 0 Å². The van der Waals surface area contributed by atoms with Crippen molar-refractivity contribution in [2.75, 3.05) is 60.9 Å². The maximum absolute atomic E-state index is 4.87. The molecule has 0 saturated carbocycles. The highest BCUT2D eigenvalue weighted by Crippen LogP contribution is 2.29. The molecule has 168 valence electrons. The maximum Gasteiger partial charge on any atom is 0.0437 e. The first-order valence-electron chi connectivity index (χ1n) is 11.7. The molecule has 0 radical (unpaired) electrons. The fourth-order valence-electron chi connectivity index (χ4n) is 3.89. The van der Waals surface area contributed by atoms with Crippen molar-refractivity contribution in [1.82, 2.24) is 19.7 Å². The molecule has 1 aromatic rings. The molecule has 4 nitrogen and oxygen atoms in total. The molecule has 1 aromatic heterocycles. The van der Waals surface area contributed by atoms with E-state index in [1.54, 1.807) is 0 Å². The molecule has 0 aliphatic rings. The van der Waals surface area contributed by atoms with Crippen LogP contribution in [0.1, 0.15) is 64.1 Å². The van der Waals surface area contributed by atoms with Crippen molar-refractivity contribution < 1.29 is 0 Å². The molecule has 0 aliphatic heterocycles. The summed E-state index contributed by atoms with van der Waals surface area (Å²) in [4.78, 5) is 12.1. The van der Waals surface area contributed by atoms with Crippen LogP contribution in [-0.4, -0.2) is 80.6 Å². The van der Waals surface area contributed by atoms with Gasteiger partial charge in [-0.3, -0.25) is 4.98 Å². The van der Waals surface area contributed by atoms with Gasteiger partial charge in [0.1, 0.15) is 0 Å². The minimum absolute atomic E-state index is 0.567. The average Bonchev–Trinajstić information content (AvgIpc) is 2.63. The minimum atomic E-state index is 0.567. The summed E-state index contributed by atoms with van der Waals surface area (Å²) >= 11 is 0. The maximum atomic E-state index is 4.87. The summed E-state index contributed by atoms with van der Waals surface area (Å²) in [5.41, 5.74) is 2.64. The van der Waals surface area contributed by atoms with Crippen LogP contribution in [0.15, 0.2) is 18.3 Å². The Balaban J connectivity index is 2.62. The summed E-state index contributed by atoms with van der Waals surface area (Å²) in [6.45, 7) is 15.1. The van der Waals surface area contributed by atoms with Crippen LogP contribution in [0.3, 0.4) is 0 Å². The molecule has 1 atom stereocenters. The van der Waals surface area contributed by atoms with Crippen molar-refractivity contribution in [2.24, 2.45) is 11.8 Å². The number of nitrogens with zero attached hydrogens (tertiary/aromatic N) is 4. The van der Waals surface area contributed by atoms with Crippen LogP contribution in [-0.2, 0) is 6.42 Å². The number of hydrogen-bond acceptors (Lipinski definition) is 4. The van der Waals surface area contributed by atoms with Gasteiger partial charge in [-0.1, -0.05) is 33.8 Å². The molecule has 1 rings (SSSR count). The van der Waals surface area contributed by atoms with E-state index in [0.29, 0.717) is 17.8 Å². The Hall–Kier alpha value is -0.970. The first-order chi connectivity index (χ1) is 13.7. The third kappa shape index (κ3) is 11.7. The number of pyridine rings is 1. The van der Waals surface area contributed by atoms with Gasteiger partial charge in [-0.25, -0.2) is 0 Å². The highest BCUT2D eigenvalue weighted by atomic mass is 15.1. The molecule has 1 unspecified atom stereocenters. The topological polar surface area (TPSA) is 22.6 Å². The van der Waals surface area contributed by atoms with Gasteiger partial charge in [0, 0.05) is 24.4 Å².